The van der Waals surface area contributed by atoms with Crippen LogP contribution in [0.15, 0.2) is 64.4 Å². The second-order valence-corrected chi connectivity index (χ2v) is 10.6. The van der Waals surface area contributed by atoms with E-state index >= 15 is 0 Å². The van der Waals surface area contributed by atoms with E-state index in [1.165, 1.54) is 12.1 Å². The summed E-state index contributed by atoms with van der Waals surface area (Å²) in [6.07, 6.45) is 5.28. The van der Waals surface area contributed by atoms with Crippen LogP contribution in [0.5, 0.6) is 0 Å². The average molecular weight is 436 g/mol. The molecule has 0 unspecified atom stereocenters. The Morgan fingerprint density at radius 1 is 0.966 bits per heavy atom. The van der Waals surface area contributed by atoms with Gasteiger partial charge in [0.2, 0.25) is 10.0 Å². The first kappa shape index (κ1) is 21.5. The highest BCUT2D eigenvalue weighted by Gasteiger charge is 2.24. The van der Waals surface area contributed by atoms with Crippen molar-refractivity contribution >= 4 is 31.6 Å². The molecule has 1 heterocycles. The Bertz CT molecular complexity index is 1090. The number of rotatable bonds is 6. The summed E-state index contributed by atoms with van der Waals surface area (Å²) >= 11 is 0. The minimum Gasteiger partial charge on any atom is -0.368 e. The normalized spacial score (nSPS) is 16.4. The first-order valence-corrected chi connectivity index (χ1v) is 12.6. The summed E-state index contributed by atoms with van der Waals surface area (Å²) in [5.74, 6) is 0. The SMILES string of the molecule is CS(=O)(=O)c1cc(S(N)(=O)=O)ccc1N1CCN(C/C=C/c2ccccc2)CC1. The fourth-order valence-electron chi connectivity index (χ4n) is 3.30. The van der Waals surface area contributed by atoms with Gasteiger partial charge in [0.25, 0.3) is 0 Å². The lowest BCUT2D eigenvalue weighted by molar-refractivity contribution is 0.284. The van der Waals surface area contributed by atoms with Crippen molar-refractivity contribution in [3.8, 4) is 0 Å². The number of primary sulfonamides is 1. The third-order valence-corrected chi connectivity index (χ3v) is 6.88. The maximum atomic E-state index is 12.2. The number of hydrogen-bond donors (Lipinski definition) is 1. The predicted molar refractivity (Wildman–Crippen MR) is 115 cm³/mol. The number of sulfonamides is 1. The van der Waals surface area contributed by atoms with Gasteiger partial charge in [0.15, 0.2) is 9.84 Å². The fraction of sp³-hybridized carbons (Fsp3) is 0.300. The second kappa shape index (κ2) is 8.66. The van der Waals surface area contributed by atoms with Crippen LogP contribution in [0.4, 0.5) is 5.69 Å². The number of benzene rings is 2. The molecule has 0 saturated carbocycles. The van der Waals surface area contributed by atoms with Crippen LogP contribution in [0.1, 0.15) is 5.56 Å². The Labute approximate surface area is 172 Å². The van der Waals surface area contributed by atoms with Crippen molar-refractivity contribution in [1.29, 1.82) is 0 Å². The molecule has 0 aliphatic carbocycles. The maximum absolute atomic E-state index is 12.2. The van der Waals surface area contributed by atoms with E-state index in [1.807, 2.05) is 35.2 Å². The molecule has 1 saturated heterocycles. The van der Waals surface area contributed by atoms with Crippen molar-refractivity contribution in [2.45, 2.75) is 9.79 Å². The van der Waals surface area contributed by atoms with Gasteiger partial charge in [0, 0.05) is 39.0 Å². The lowest BCUT2D eigenvalue weighted by atomic mass is 10.2. The van der Waals surface area contributed by atoms with E-state index in [1.54, 1.807) is 0 Å². The highest BCUT2D eigenvalue weighted by atomic mass is 32.2. The zero-order valence-electron chi connectivity index (χ0n) is 16.2. The summed E-state index contributed by atoms with van der Waals surface area (Å²) in [5, 5.41) is 5.15. The summed E-state index contributed by atoms with van der Waals surface area (Å²) in [4.78, 5) is 4.04. The molecule has 0 radical (unpaired) electrons. The van der Waals surface area contributed by atoms with Crippen molar-refractivity contribution < 1.29 is 16.8 Å². The molecule has 3 rings (SSSR count). The van der Waals surface area contributed by atoms with Gasteiger partial charge >= 0.3 is 0 Å². The molecule has 0 amide bonds. The van der Waals surface area contributed by atoms with Crippen molar-refractivity contribution in [2.75, 3.05) is 43.9 Å². The molecule has 156 valence electrons. The van der Waals surface area contributed by atoms with Gasteiger partial charge in [0.1, 0.15) is 0 Å². The van der Waals surface area contributed by atoms with Crippen LogP contribution in [0.25, 0.3) is 6.08 Å². The molecule has 7 nitrogen and oxygen atoms in total. The van der Waals surface area contributed by atoms with Crippen molar-refractivity contribution in [3.63, 3.8) is 0 Å². The zero-order valence-corrected chi connectivity index (χ0v) is 17.9. The van der Waals surface area contributed by atoms with E-state index in [4.69, 9.17) is 5.14 Å². The van der Waals surface area contributed by atoms with Gasteiger partial charge in [-0.1, -0.05) is 42.5 Å². The lowest BCUT2D eigenvalue weighted by Gasteiger charge is -2.36. The summed E-state index contributed by atoms with van der Waals surface area (Å²) in [5.41, 5.74) is 1.67. The highest BCUT2D eigenvalue weighted by Crippen LogP contribution is 2.28. The number of sulfone groups is 1. The zero-order chi connectivity index (χ0) is 21.1. The molecule has 1 fully saturated rings. The molecule has 0 atom stereocenters. The Morgan fingerprint density at radius 2 is 1.62 bits per heavy atom. The fourth-order valence-corrected chi connectivity index (χ4v) is 4.84. The quantitative estimate of drug-likeness (QED) is 0.739. The van der Waals surface area contributed by atoms with Gasteiger partial charge in [-0.2, -0.15) is 0 Å². The molecular weight excluding hydrogens is 410 g/mol. The van der Waals surface area contributed by atoms with Crippen LogP contribution >= 0.6 is 0 Å². The molecule has 2 N–H and O–H groups in total. The topological polar surface area (TPSA) is 101 Å². The number of nitrogens with zero attached hydrogens (tertiary/aromatic N) is 2. The van der Waals surface area contributed by atoms with Gasteiger partial charge < -0.3 is 4.90 Å². The third kappa shape index (κ3) is 5.66. The van der Waals surface area contributed by atoms with Gasteiger partial charge in [-0.15, -0.1) is 0 Å². The molecule has 1 aliphatic heterocycles. The standard InChI is InChI=1S/C20H25N3O4S2/c1-28(24,25)20-16-18(29(21,26)27)9-10-19(20)23-14-12-22(13-15-23)11-5-8-17-6-3-2-4-7-17/h2-10,16H,11-15H2,1H3,(H2,21,26,27)/b8-5+. The van der Waals surface area contributed by atoms with Crippen LogP contribution < -0.4 is 10.0 Å². The Balaban J connectivity index is 1.70. The summed E-state index contributed by atoms with van der Waals surface area (Å²) in [7, 11) is -7.58. The summed E-state index contributed by atoms with van der Waals surface area (Å²) in [6, 6.07) is 14.1. The molecule has 1 aliphatic rings. The van der Waals surface area contributed by atoms with Crippen LogP contribution in [0.2, 0.25) is 0 Å². The van der Waals surface area contributed by atoms with E-state index in [0.29, 0.717) is 18.8 Å². The summed E-state index contributed by atoms with van der Waals surface area (Å²) in [6.45, 7) is 3.66. The van der Waals surface area contributed by atoms with Crippen molar-refractivity contribution in [1.82, 2.24) is 4.90 Å². The third-order valence-electron chi connectivity index (χ3n) is 4.85. The number of piperazine rings is 1. The van der Waals surface area contributed by atoms with E-state index < -0.39 is 19.9 Å². The molecule has 9 heteroatoms. The molecule has 2 aromatic carbocycles. The number of nitrogens with two attached hydrogens (primary N) is 1. The van der Waals surface area contributed by atoms with Crippen LogP contribution in [0, 0.1) is 0 Å². The van der Waals surface area contributed by atoms with E-state index in [9.17, 15) is 16.8 Å². The molecule has 0 aromatic heterocycles. The minimum absolute atomic E-state index is 0.0125. The molecule has 0 spiro atoms. The van der Waals surface area contributed by atoms with Gasteiger partial charge in [0.05, 0.1) is 15.5 Å². The molecule has 0 bridgehead atoms. The predicted octanol–water partition coefficient (Wildman–Crippen LogP) is 1.57. The number of hydrogen-bond acceptors (Lipinski definition) is 6. The molecule has 2 aromatic rings. The van der Waals surface area contributed by atoms with Gasteiger partial charge in [-0.05, 0) is 23.8 Å². The van der Waals surface area contributed by atoms with E-state index in [2.05, 4.69) is 17.1 Å². The van der Waals surface area contributed by atoms with Crippen molar-refractivity contribution in [3.05, 3.63) is 60.2 Å². The van der Waals surface area contributed by atoms with Crippen molar-refractivity contribution in [2.24, 2.45) is 5.14 Å². The Morgan fingerprint density at radius 3 is 2.21 bits per heavy atom. The average Bonchev–Trinajstić information content (AvgIpc) is 2.67. The summed E-state index contributed by atoms with van der Waals surface area (Å²) < 4.78 is 47.7. The van der Waals surface area contributed by atoms with Crippen LogP contribution in [0.3, 0.4) is 0 Å². The highest BCUT2D eigenvalue weighted by molar-refractivity contribution is 7.91. The van der Waals surface area contributed by atoms with E-state index in [0.717, 1.165) is 37.5 Å². The van der Waals surface area contributed by atoms with Gasteiger partial charge in [-0.25, -0.2) is 22.0 Å². The smallest absolute Gasteiger partial charge is 0.238 e. The van der Waals surface area contributed by atoms with Gasteiger partial charge in [-0.3, -0.25) is 4.90 Å². The van der Waals surface area contributed by atoms with Crippen LogP contribution in [-0.4, -0.2) is 60.7 Å². The second-order valence-electron chi connectivity index (χ2n) is 7.05. The Hall–Kier alpha value is -2.20. The maximum Gasteiger partial charge on any atom is 0.238 e. The minimum atomic E-state index is -3.97. The largest absolute Gasteiger partial charge is 0.368 e. The van der Waals surface area contributed by atoms with Crippen LogP contribution in [-0.2, 0) is 19.9 Å². The molecule has 29 heavy (non-hydrogen) atoms. The monoisotopic (exact) mass is 435 g/mol. The lowest BCUT2D eigenvalue weighted by Crippen LogP contribution is -2.46. The van der Waals surface area contributed by atoms with E-state index in [-0.39, 0.29) is 9.79 Å². The first-order valence-electron chi connectivity index (χ1n) is 9.20. The Kier molecular flexibility index (Phi) is 6.42. The first-order chi connectivity index (χ1) is 13.6. The molecular formula is C20H25N3O4S2. The number of anilines is 1.